The minimum absolute atomic E-state index is 0.0773. The monoisotopic (exact) mass is 193 g/mol. The highest BCUT2D eigenvalue weighted by molar-refractivity contribution is 6.27. The van der Waals surface area contributed by atoms with Crippen LogP contribution < -0.4 is 5.32 Å². The van der Waals surface area contributed by atoms with Crippen LogP contribution in [-0.4, -0.2) is 41.6 Å². The predicted octanol–water partition coefficient (Wildman–Crippen LogP) is -1.37. The molecule has 0 aromatic rings. The predicted molar refractivity (Wildman–Crippen MR) is 39.6 cm³/mol. The van der Waals surface area contributed by atoms with Crippen LogP contribution in [0.15, 0.2) is 0 Å². The molecule has 0 radical (unpaired) electrons. The van der Waals surface area contributed by atoms with Crippen LogP contribution in [0.3, 0.4) is 0 Å². The van der Waals surface area contributed by atoms with E-state index in [1.54, 1.807) is 0 Å². The number of aliphatic hydroxyl groups excluding tert-OH is 1. The minimum Gasteiger partial charge on any atom is -0.461 e. The van der Waals surface area contributed by atoms with Crippen molar-refractivity contribution in [2.45, 2.75) is 12.1 Å². The molecule has 2 N–H and O–H groups in total. The molecule has 1 heterocycles. The Morgan fingerprint density at radius 3 is 2.92 bits per heavy atom. The lowest BCUT2D eigenvalue weighted by atomic mass is 10.2. The number of ether oxygens (including phenoxy) is 1. The summed E-state index contributed by atoms with van der Waals surface area (Å²) in [6, 6.07) is -0.962. The van der Waals surface area contributed by atoms with Gasteiger partial charge in [-0.3, -0.25) is 4.79 Å². The van der Waals surface area contributed by atoms with Gasteiger partial charge in [0.1, 0.15) is 18.6 Å². The first-order valence-corrected chi connectivity index (χ1v) is 3.88. The van der Waals surface area contributed by atoms with E-state index in [9.17, 15) is 9.59 Å². The maximum atomic E-state index is 10.8. The van der Waals surface area contributed by atoms with E-state index in [2.05, 4.69) is 10.1 Å². The molecule has 1 fully saturated rings. The van der Waals surface area contributed by atoms with E-state index in [0.717, 1.165) is 0 Å². The Morgan fingerprint density at radius 2 is 2.50 bits per heavy atom. The highest BCUT2D eigenvalue weighted by Gasteiger charge is 2.36. The number of carbonyl (C=O) groups is 2. The lowest BCUT2D eigenvalue weighted by Gasteiger charge is -2.10. The standard InChI is InChI=1S/C6H8ClNO4/c7-1-4(10)8-5-3(9)2-12-6(5)11/h3,5,9H,1-2H2,(H,8,10)/t3-,5-/m0/s1. The molecule has 0 saturated carbocycles. The van der Waals surface area contributed by atoms with E-state index >= 15 is 0 Å². The van der Waals surface area contributed by atoms with Crippen LogP contribution in [0, 0.1) is 0 Å². The quantitative estimate of drug-likeness (QED) is 0.419. The average molecular weight is 194 g/mol. The van der Waals surface area contributed by atoms with Crippen LogP contribution in [0.5, 0.6) is 0 Å². The van der Waals surface area contributed by atoms with Gasteiger partial charge in [0.25, 0.3) is 0 Å². The van der Waals surface area contributed by atoms with Gasteiger partial charge in [0.15, 0.2) is 6.04 Å². The maximum absolute atomic E-state index is 10.8. The van der Waals surface area contributed by atoms with Gasteiger partial charge < -0.3 is 15.2 Å². The number of carbonyl (C=O) groups excluding carboxylic acids is 2. The lowest BCUT2D eigenvalue weighted by molar-refractivity contribution is -0.141. The lowest BCUT2D eigenvalue weighted by Crippen LogP contribution is -2.45. The van der Waals surface area contributed by atoms with E-state index in [1.165, 1.54) is 0 Å². The van der Waals surface area contributed by atoms with Gasteiger partial charge in [-0.15, -0.1) is 11.6 Å². The Labute approximate surface area is 73.6 Å². The fourth-order valence-electron chi connectivity index (χ4n) is 0.878. The molecule has 0 bridgehead atoms. The number of cyclic esters (lactones) is 1. The zero-order valence-corrected chi connectivity index (χ0v) is 6.87. The second-order valence-corrected chi connectivity index (χ2v) is 2.64. The molecule has 0 aromatic carbocycles. The number of amides is 1. The minimum atomic E-state index is -0.968. The van der Waals surface area contributed by atoms with Crippen molar-refractivity contribution in [1.29, 1.82) is 0 Å². The van der Waals surface area contributed by atoms with Gasteiger partial charge in [0.05, 0.1) is 0 Å². The summed E-state index contributed by atoms with van der Waals surface area (Å²) in [5.74, 6) is -1.36. The zero-order chi connectivity index (χ0) is 9.14. The van der Waals surface area contributed by atoms with Crippen LogP contribution >= 0.6 is 11.6 Å². The van der Waals surface area contributed by atoms with Gasteiger partial charge in [-0.1, -0.05) is 0 Å². The fraction of sp³-hybridized carbons (Fsp3) is 0.667. The summed E-state index contributed by atoms with van der Waals surface area (Å²) in [7, 11) is 0. The second kappa shape index (κ2) is 3.73. The third-order valence-electron chi connectivity index (χ3n) is 1.47. The first-order chi connectivity index (χ1) is 5.65. The zero-order valence-electron chi connectivity index (χ0n) is 6.12. The summed E-state index contributed by atoms with van der Waals surface area (Å²) < 4.78 is 4.48. The number of hydrogen-bond acceptors (Lipinski definition) is 4. The number of halogens is 1. The Morgan fingerprint density at radius 1 is 1.83 bits per heavy atom. The molecule has 5 nitrogen and oxygen atoms in total. The molecule has 0 spiro atoms. The van der Waals surface area contributed by atoms with Crippen molar-refractivity contribution >= 4 is 23.5 Å². The summed E-state index contributed by atoms with van der Waals surface area (Å²) in [5, 5.41) is 11.3. The molecule has 1 aliphatic heterocycles. The van der Waals surface area contributed by atoms with Crippen molar-refractivity contribution in [2.75, 3.05) is 12.5 Å². The first kappa shape index (κ1) is 9.28. The molecule has 6 heteroatoms. The molecule has 0 aliphatic carbocycles. The molecule has 68 valence electrons. The van der Waals surface area contributed by atoms with Crippen LogP contribution in [0.4, 0.5) is 0 Å². The van der Waals surface area contributed by atoms with Crippen LogP contribution in [-0.2, 0) is 14.3 Å². The van der Waals surface area contributed by atoms with Crippen LogP contribution in [0.1, 0.15) is 0 Å². The highest BCUT2D eigenvalue weighted by atomic mass is 35.5. The Hall–Kier alpha value is -0.810. The Kier molecular flexibility index (Phi) is 2.88. The number of alkyl halides is 1. The van der Waals surface area contributed by atoms with Gasteiger partial charge in [0, 0.05) is 0 Å². The van der Waals surface area contributed by atoms with Gasteiger partial charge in [-0.05, 0) is 0 Å². The van der Waals surface area contributed by atoms with E-state index < -0.39 is 24.0 Å². The van der Waals surface area contributed by atoms with Gasteiger partial charge in [-0.2, -0.15) is 0 Å². The smallest absolute Gasteiger partial charge is 0.331 e. The van der Waals surface area contributed by atoms with Crippen LogP contribution in [0.25, 0.3) is 0 Å². The largest absolute Gasteiger partial charge is 0.461 e. The molecule has 1 saturated heterocycles. The molecular formula is C6H8ClNO4. The summed E-state index contributed by atoms with van der Waals surface area (Å²) >= 11 is 5.18. The number of rotatable bonds is 2. The summed E-state index contributed by atoms with van der Waals surface area (Å²) in [6.45, 7) is -0.0773. The van der Waals surface area contributed by atoms with E-state index in [1.807, 2.05) is 0 Å². The number of hydrogen-bond donors (Lipinski definition) is 2. The van der Waals surface area contributed by atoms with Crippen molar-refractivity contribution in [2.24, 2.45) is 0 Å². The van der Waals surface area contributed by atoms with E-state index in [-0.39, 0.29) is 12.5 Å². The van der Waals surface area contributed by atoms with Crippen molar-refractivity contribution in [3.63, 3.8) is 0 Å². The van der Waals surface area contributed by atoms with Gasteiger partial charge >= 0.3 is 5.97 Å². The number of esters is 1. The van der Waals surface area contributed by atoms with E-state index in [0.29, 0.717) is 0 Å². The second-order valence-electron chi connectivity index (χ2n) is 2.38. The fourth-order valence-corrected chi connectivity index (χ4v) is 0.955. The molecule has 0 unspecified atom stereocenters. The number of aliphatic hydroxyl groups is 1. The van der Waals surface area contributed by atoms with Crippen molar-refractivity contribution in [1.82, 2.24) is 5.32 Å². The highest BCUT2D eigenvalue weighted by Crippen LogP contribution is 2.06. The van der Waals surface area contributed by atoms with Crippen LogP contribution in [0.2, 0.25) is 0 Å². The summed E-state index contributed by atoms with van der Waals surface area (Å²) in [6.07, 6.45) is -0.968. The Bertz CT molecular complexity index is 208. The van der Waals surface area contributed by atoms with Gasteiger partial charge in [0.2, 0.25) is 5.91 Å². The molecule has 1 aliphatic rings. The normalized spacial score (nSPS) is 28.3. The molecule has 1 rings (SSSR count). The molecule has 0 aromatic heterocycles. The first-order valence-electron chi connectivity index (χ1n) is 3.35. The van der Waals surface area contributed by atoms with E-state index in [4.69, 9.17) is 16.7 Å². The summed E-state index contributed by atoms with van der Waals surface area (Å²) in [4.78, 5) is 21.5. The molecule has 2 atom stereocenters. The molecule has 1 amide bonds. The Balaban J connectivity index is 2.50. The number of nitrogens with one attached hydrogen (secondary N) is 1. The molecule has 12 heavy (non-hydrogen) atoms. The SMILES string of the molecule is O=C(CCl)N[C@@H]1C(=O)OC[C@@H]1O. The third-order valence-corrected chi connectivity index (χ3v) is 1.72. The third kappa shape index (κ3) is 1.86. The van der Waals surface area contributed by atoms with Crippen molar-refractivity contribution in [3.8, 4) is 0 Å². The van der Waals surface area contributed by atoms with Crippen molar-refractivity contribution in [3.05, 3.63) is 0 Å². The maximum Gasteiger partial charge on any atom is 0.331 e. The molecular weight excluding hydrogens is 186 g/mol. The van der Waals surface area contributed by atoms with Crippen molar-refractivity contribution < 1.29 is 19.4 Å². The summed E-state index contributed by atoms with van der Waals surface area (Å²) in [5.41, 5.74) is 0. The van der Waals surface area contributed by atoms with Gasteiger partial charge in [-0.25, -0.2) is 4.79 Å². The average Bonchev–Trinajstić information content (AvgIpc) is 2.35. The topological polar surface area (TPSA) is 75.6 Å².